The van der Waals surface area contributed by atoms with Crippen molar-refractivity contribution in [1.82, 2.24) is 9.97 Å². The van der Waals surface area contributed by atoms with Crippen LogP contribution in [0.1, 0.15) is 28.4 Å². The number of benzene rings is 4. The van der Waals surface area contributed by atoms with Crippen LogP contribution in [0.2, 0.25) is 0 Å². The Morgan fingerprint density at radius 3 is 1.41 bits per heavy atom. The van der Waals surface area contributed by atoms with Crippen LogP contribution in [0, 0.1) is 0 Å². The Hall–Kier alpha value is -5.03. The van der Waals surface area contributed by atoms with Gasteiger partial charge in [0, 0.05) is 10.8 Å². The van der Waals surface area contributed by atoms with E-state index in [0.717, 1.165) is 62.1 Å². The molecule has 0 radical (unpaired) electrons. The van der Waals surface area contributed by atoms with Crippen molar-refractivity contribution in [1.29, 1.82) is 0 Å². The van der Waals surface area contributed by atoms with Crippen LogP contribution in [-0.4, -0.2) is 16.3 Å². The van der Waals surface area contributed by atoms with E-state index in [0.29, 0.717) is 13.2 Å². The van der Waals surface area contributed by atoms with Gasteiger partial charge in [0.25, 0.3) is 0 Å². The Kier molecular flexibility index (Phi) is 6.95. The van der Waals surface area contributed by atoms with Crippen molar-refractivity contribution in [3.8, 4) is 11.5 Å². The average Bonchev–Trinajstić information content (AvgIpc) is 3.00. The molecule has 0 saturated carbocycles. The van der Waals surface area contributed by atoms with E-state index < -0.39 is 0 Å². The van der Waals surface area contributed by atoms with Crippen molar-refractivity contribution in [2.45, 2.75) is 19.1 Å². The van der Waals surface area contributed by atoms with E-state index in [2.05, 4.69) is 22.1 Å². The fourth-order valence-electron chi connectivity index (χ4n) is 4.58. The molecule has 0 N–H and O–H groups in total. The molecule has 39 heavy (non-hydrogen) atoms. The number of fused-ring (bicyclic) bond motifs is 2. The lowest BCUT2D eigenvalue weighted by atomic mass is 9.92. The summed E-state index contributed by atoms with van der Waals surface area (Å²) in [6.07, 6.45) is 0.962. The molecule has 0 aliphatic heterocycles. The van der Waals surface area contributed by atoms with E-state index >= 15 is 0 Å². The summed E-state index contributed by atoms with van der Waals surface area (Å²) in [5, 5.41) is 2.21. The molecule has 5 nitrogen and oxygen atoms in total. The highest BCUT2D eigenvalue weighted by molar-refractivity contribution is 5.79. The van der Waals surface area contributed by atoms with Crippen LogP contribution in [0.5, 0.6) is 11.5 Å². The van der Waals surface area contributed by atoms with Crippen LogP contribution < -0.4 is 9.47 Å². The van der Waals surface area contributed by atoms with Crippen LogP contribution in [0.15, 0.2) is 121 Å². The first-order valence-corrected chi connectivity index (χ1v) is 12.9. The number of nitrogens with zero attached hydrogens (tertiary/aromatic N) is 2. The molecule has 0 aliphatic carbocycles. The number of aromatic nitrogens is 2. The SMILES string of the molecule is O=CC(c1ccc(OCc2ccc3ccccc3n2)cc1)c1ccc(OCc2ccc3ccccc3n2)cc1. The minimum atomic E-state index is -0.377. The second kappa shape index (κ2) is 11.2. The molecule has 0 saturated heterocycles. The number of ether oxygens (including phenoxy) is 2. The van der Waals surface area contributed by atoms with Crippen molar-refractivity contribution in [2.24, 2.45) is 0 Å². The first-order valence-electron chi connectivity index (χ1n) is 12.9. The lowest BCUT2D eigenvalue weighted by Gasteiger charge is -2.14. The predicted octanol–water partition coefficient (Wildman–Crippen LogP) is 7.27. The Morgan fingerprint density at radius 1 is 0.538 bits per heavy atom. The van der Waals surface area contributed by atoms with Gasteiger partial charge in [-0.15, -0.1) is 0 Å². The van der Waals surface area contributed by atoms with Gasteiger partial charge in [-0.1, -0.05) is 72.8 Å². The van der Waals surface area contributed by atoms with Gasteiger partial charge in [-0.25, -0.2) is 9.97 Å². The summed E-state index contributed by atoms with van der Waals surface area (Å²) in [7, 11) is 0. The molecule has 0 fully saturated rings. The number of pyridine rings is 2. The van der Waals surface area contributed by atoms with Crippen LogP contribution >= 0.6 is 0 Å². The Morgan fingerprint density at radius 2 is 0.974 bits per heavy atom. The lowest BCUT2D eigenvalue weighted by Crippen LogP contribution is -2.04. The van der Waals surface area contributed by atoms with Crippen molar-refractivity contribution < 1.29 is 14.3 Å². The highest BCUT2D eigenvalue weighted by Crippen LogP contribution is 2.27. The van der Waals surface area contributed by atoms with Crippen LogP contribution in [0.4, 0.5) is 0 Å². The second-order valence-corrected chi connectivity index (χ2v) is 9.32. The molecule has 0 aliphatic rings. The summed E-state index contributed by atoms with van der Waals surface area (Å²) in [5.41, 5.74) is 5.42. The Labute approximate surface area is 226 Å². The zero-order valence-corrected chi connectivity index (χ0v) is 21.2. The van der Waals surface area contributed by atoms with Gasteiger partial charge in [0.1, 0.15) is 31.0 Å². The van der Waals surface area contributed by atoms with Gasteiger partial charge in [0.2, 0.25) is 0 Å². The minimum absolute atomic E-state index is 0.372. The number of hydrogen-bond acceptors (Lipinski definition) is 5. The summed E-state index contributed by atoms with van der Waals surface area (Å²) >= 11 is 0. The smallest absolute Gasteiger partial charge is 0.131 e. The van der Waals surface area contributed by atoms with E-state index in [4.69, 9.17) is 9.47 Å². The van der Waals surface area contributed by atoms with Crippen LogP contribution in [0.3, 0.4) is 0 Å². The molecule has 2 heterocycles. The fourth-order valence-corrected chi connectivity index (χ4v) is 4.58. The molecule has 0 unspecified atom stereocenters. The van der Waals surface area contributed by atoms with Gasteiger partial charge in [-0.05, 0) is 59.7 Å². The van der Waals surface area contributed by atoms with Crippen molar-refractivity contribution >= 4 is 28.1 Å². The van der Waals surface area contributed by atoms with Gasteiger partial charge in [-0.3, -0.25) is 0 Å². The molecular formula is C34H26N2O3. The molecule has 6 aromatic rings. The summed E-state index contributed by atoms with van der Waals surface area (Å²) in [4.78, 5) is 21.3. The highest BCUT2D eigenvalue weighted by Gasteiger charge is 2.14. The van der Waals surface area contributed by atoms with Crippen molar-refractivity contribution in [3.63, 3.8) is 0 Å². The van der Waals surface area contributed by atoms with Gasteiger partial charge >= 0.3 is 0 Å². The lowest BCUT2D eigenvalue weighted by molar-refractivity contribution is -0.108. The van der Waals surface area contributed by atoms with Gasteiger partial charge in [0.05, 0.1) is 28.3 Å². The predicted molar refractivity (Wildman–Crippen MR) is 153 cm³/mol. The second-order valence-electron chi connectivity index (χ2n) is 9.32. The quantitative estimate of drug-likeness (QED) is 0.191. The Balaban J connectivity index is 1.08. The molecule has 5 heteroatoms. The van der Waals surface area contributed by atoms with E-state index in [1.807, 2.05) is 109 Å². The zero-order chi connectivity index (χ0) is 26.4. The highest BCUT2D eigenvalue weighted by atomic mass is 16.5. The first kappa shape index (κ1) is 24.3. The molecule has 0 spiro atoms. The average molecular weight is 511 g/mol. The largest absolute Gasteiger partial charge is 0.487 e. The monoisotopic (exact) mass is 510 g/mol. The summed E-state index contributed by atoms with van der Waals surface area (Å²) in [6.45, 7) is 0.745. The van der Waals surface area contributed by atoms with Gasteiger partial charge in [-0.2, -0.15) is 0 Å². The molecule has 2 aromatic heterocycles. The maximum atomic E-state index is 12.0. The molecule has 6 rings (SSSR count). The fraction of sp³-hybridized carbons (Fsp3) is 0.0882. The Bertz CT molecular complexity index is 1600. The zero-order valence-electron chi connectivity index (χ0n) is 21.2. The number of carbonyl (C=O) groups is 1. The number of para-hydroxylation sites is 2. The minimum Gasteiger partial charge on any atom is -0.487 e. The van der Waals surface area contributed by atoms with Crippen molar-refractivity contribution in [2.75, 3.05) is 0 Å². The third-order valence-electron chi connectivity index (χ3n) is 6.70. The van der Waals surface area contributed by atoms with Crippen LogP contribution in [0.25, 0.3) is 21.8 Å². The van der Waals surface area contributed by atoms with Gasteiger partial charge < -0.3 is 14.3 Å². The van der Waals surface area contributed by atoms with E-state index in [-0.39, 0.29) is 5.92 Å². The molecule has 4 aromatic carbocycles. The molecule has 0 bridgehead atoms. The molecule has 190 valence electrons. The van der Waals surface area contributed by atoms with E-state index in [1.54, 1.807) is 0 Å². The standard InChI is InChI=1S/C34H26N2O3/c37-21-32(24-11-17-30(18-12-24)38-22-28-15-9-26-5-1-3-7-33(26)35-28)25-13-19-31(20-14-25)39-23-29-16-10-27-6-2-4-8-34(27)36-29/h1-21,32H,22-23H2. The number of carbonyl (C=O) groups excluding carboxylic acids is 1. The van der Waals surface area contributed by atoms with Crippen LogP contribution in [-0.2, 0) is 18.0 Å². The topological polar surface area (TPSA) is 61.3 Å². The van der Waals surface area contributed by atoms with E-state index in [9.17, 15) is 4.79 Å². The molecule has 0 atom stereocenters. The maximum Gasteiger partial charge on any atom is 0.131 e. The third-order valence-corrected chi connectivity index (χ3v) is 6.70. The summed E-state index contributed by atoms with van der Waals surface area (Å²) in [6, 6.07) is 39.4. The normalized spacial score (nSPS) is 11.1. The third kappa shape index (κ3) is 5.63. The number of aldehydes is 1. The molecular weight excluding hydrogens is 484 g/mol. The summed E-state index contributed by atoms with van der Waals surface area (Å²) in [5.74, 6) is 1.08. The summed E-state index contributed by atoms with van der Waals surface area (Å²) < 4.78 is 11.9. The maximum absolute atomic E-state index is 12.0. The number of rotatable bonds is 9. The van der Waals surface area contributed by atoms with Crippen molar-refractivity contribution in [3.05, 3.63) is 144 Å². The number of hydrogen-bond donors (Lipinski definition) is 0. The first-order chi connectivity index (χ1) is 19.2. The van der Waals surface area contributed by atoms with Gasteiger partial charge in [0.15, 0.2) is 0 Å². The van der Waals surface area contributed by atoms with E-state index in [1.165, 1.54) is 0 Å². The molecule has 0 amide bonds.